The first-order valence-corrected chi connectivity index (χ1v) is 9.78. The van der Waals surface area contributed by atoms with Crippen LogP contribution < -0.4 is 10.6 Å². The van der Waals surface area contributed by atoms with Crippen LogP contribution in [-0.2, 0) is 18.2 Å². The number of nitrogens with zero attached hydrogens (tertiary/aromatic N) is 3. The van der Waals surface area contributed by atoms with Crippen LogP contribution in [0, 0.1) is 0 Å². The number of amides is 3. The molecule has 2 heterocycles. The van der Waals surface area contributed by atoms with Crippen molar-refractivity contribution < 1.29 is 14.3 Å². The fourth-order valence-corrected chi connectivity index (χ4v) is 3.85. The molecule has 3 rings (SSSR count). The quantitative estimate of drug-likeness (QED) is 0.829. The van der Waals surface area contributed by atoms with Crippen molar-refractivity contribution >= 4 is 12.1 Å². The van der Waals surface area contributed by atoms with Crippen LogP contribution in [0.15, 0.2) is 6.20 Å². The Labute approximate surface area is 160 Å². The molecule has 8 heteroatoms. The first-order valence-electron chi connectivity index (χ1n) is 9.78. The molecule has 1 aromatic rings. The van der Waals surface area contributed by atoms with Gasteiger partial charge in [-0.05, 0) is 52.9 Å². The number of aryl methyl sites for hydroxylation is 1. The van der Waals surface area contributed by atoms with Gasteiger partial charge in [0.2, 0.25) is 0 Å². The third kappa shape index (κ3) is 4.93. The van der Waals surface area contributed by atoms with Crippen LogP contribution in [0.4, 0.5) is 9.59 Å². The molecule has 1 aliphatic carbocycles. The number of fused-ring (bicyclic) bond motifs is 1. The molecule has 3 amide bonds. The number of alkyl carbamates (subject to hydrolysis) is 1. The second kappa shape index (κ2) is 7.78. The van der Waals surface area contributed by atoms with Crippen LogP contribution in [0.3, 0.4) is 0 Å². The van der Waals surface area contributed by atoms with E-state index in [4.69, 9.17) is 4.74 Å². The zero-order chi connectivity index (χ0) is 19.6. The van der Waals surface area contributed by atoms with E-state index in [1.807, 2.05) is 38.7 Å². The van der Waals surface area contributed by atoms with Crippen LogP contribution in [0.1, 0.15) is 63.8 Å². The minimum Gasteiger partial charge on any atom is -0.444 e. The third-order valence-corrected chi connectivity index (χ3v) is 5.10. The third-order valence-electron chi connectivity index (χ3n) is 5.10. The van der Waals surface area contributed by atoms with Gasteiger partial charge in [0.05, 0.1) is 12.2 Å². The molecule has 0 saturated carbocycles. The summed E-state index contributed by atoms with van der Waals surface area (Å²) in [6, 6.07) is -0.152. The molecule has 150 valence electrons. The van der Waals surface area contributed by atoms with Gasteiger partial charge >= 0.3 is 12.1 Å². The summed E-state index contributed by atoms with van der Waals surface area (Å²) in [5.41, 5.74) is 1.80. The molecular formula is C19H31N5O3. The number of carbonyl (C=O) groups excluding carboxylic acids is 2. The Morgan fingerprint density at radius 3 is 2.74 bits per heavy atom. The van der Waals surface area contributed by atoms with Gasteiger partial charge in [0, 0.05) is 37.4 Å². The lowest BCUT2D eigenvalue weighted by Crippen LogP contribution is -2.53. The van der Waals surface area contributed by atoms with Gasteiger partial charge in [0.1, 0.15) is 5.60 Å². The lowest BCUT2D eigenvalue weighted by molar-refractivity contribution is 0.0478. The van der Waals surface area contributed by atoms with Crippen molar-refractivity contribution in [1.29, 1.82) is 0 Å². The largest absolute Gasteiger partial charge is 0.444 e. The number of nitrogens with one attached hydrogen (secondary N) is 2. The molecule has 0 aromatic carbocycles. The maximum Gasteiger partial charge on any atom is 0.407 e. The molecular weight excluding hydrogens is 346 g/mol. The minimum absolute atomic E-state index is 0.00846. The number of carbonyl (C=O) groups is 2. The second-order valence-electron chi connectivity index (χ2n) is 8.50. The van der Waals surface area contributed by atoms with Crippen molar-refractivity contribution in [2.45, 2.75) is 70.6 Å². The lowest BCUT2D eigenvalue weighted by Gasteiger charge is -2.35. The summed E-state index contributed by atoms with van der Waals surface area (Å²) in [6.07, 6.45) is 6.11. The summed E-state index contributed by atoms with van der Waals surface area (Å²) in [5, 5.41) is 10.4. The molecule has 0 bridgehead atoms. The maximum absolute atomic E-state index is 12.8. The highest BCUT2D eigenvalue weighted by atomic mass is 16.6. The zero-order valence-corrected chi connectivity index (χ0v) is 16.7. The maximum atomic E-state index is 12.8. The van der Waals surface area contributed by atoms with E-state index in [0.29, 0.717) is 13.1 Å². The van der Waals surface area contributed by atoms with E-state index in [-0.39, 0.29) is 18.1 Å². The molecule has 1 fully saturated rings. The van der Waals surface area contributed by atoms with Crippen LogP contribution in [0.25, 0.3) is 0 Å². The predicted molar refractivity (Wildman–Crippen MR) is 101 cm³/mol. The Balaban J connectivity index is 1.55. The molecule has 2 unspecified atom stereocenters. The van der Waals surface area contributed by atoms with E-state index in [1.165, 1.54) is 5.69 Å². The van der Waals surface area contributed by atoms with Crippen LogP contribution >= 0.6 is 0 Å². The summed E-state index contributed by atoms with van der Waals surface area (Å²) in [6.45, 7) is 6.71. The number of hydrogen-bond acceptors (Lipinski definition) is 4. The Kier molecular flexibility index (Phi) is 5.62. The van der Waals surface area contributed by atoms with E-state index in [1.54, 1.807) is 4.90 Å². The number of hydrogen-bond donors (Lipinski definition) is 2. The van der Waals surface area contributed by atoms with Gasteiger partial charge < -0.3 is 20.3 Å². The van der Waals surface area contributed by atoms with Crippen LogP contribution in [0.2, 0.25) is 0 Å². The molecule has 1 aliphatic heterocycles. The topological polar surface area (TPSA) is 88.5 Å². The normalized spacial score (nSPS) is 22.7. The SMILES string of the molecule is Cn1ncc2c1CCCC2NC(=O)N1CCCC(NC(=O)OC(C)(C)C)C1. The molecule has 0 spiro atoms. The van der Waals surface area contributed by atoms with E-state index >= 15 is 0 Å². The molecule has 27 heavy (non-hydrogen) atoms. The van der Waals surface area contributed by atoms with Crippen LogP contribution in [-0.4, -0.2) is 51.5 Å². The molecule has 1 saturated heterocycles. The average Bonchev–Trinajstić information content (AvgIpc) is 2.96. The highest BCUT2D eigenvalue weighted by Gasteiger charge is 2.30. The average molecular weight is 377 g/mol. The molecule has 0 radical (unpaired) electrons. The van der Waals surface area contributed by atoms with E-state index in [0.717, 1.165) is 37.7 Å². The summed E-state index contributed by atoms with van der Waals surface area (Å²) < 4.78 is 7.22. The molecule has 2 aliphatic rings. The molecule has 2 N–H and O–H groups in total. The van der Waals surface area contributed by atoms with Gasteiger partial charge in [-0.2, -0.15) is 5.10 Å². The number of urea groups is 1. The van der Waals surface area contributed by atoms with Gasteiger partial charge in [-0.15, -0.1) is 0 Å². The lowest BCUT2D eigenvalue weighted by atomic mass is 9.93. The Morgan fingerprint density at radius 2 is 2.00 bits per heavy atom. The smallest absolute Gasteiger partial charge is 0.407 e. The number of aromatic nitrogens is 2. The number of likely N-dealkylation sites (tertiary alicyclic amines) is 1. The molecule has 8 nitrogen and oxygen atoms in total. The van der Waals surface area contributed by atoms with Gasteiger partial charge in [-0.25, -0.2) is 9.59 Å². The summed E-state index contributed by atoms with van der Waals surface area (Å²) in [5.74, 6) is 0. The van der Waals surface area contributed by atoms with Gasteiger partial charge in [-0.1, -0.05) is 0 Å². The minimum atomic E-state index is -0.530. The predicted octanol–water partition coefficient (Wildman–Crippen LogP) is 2.50. The van der Waals surface area contributed by atoms with E-state index in [2.05, 4.69) is 15.7 Å². The van der Waals surface area contributed by atoms with Crippen LogP contribution in [0.5, 0.6) is 0 Å². The fraction of sp³-hybridized carbons (Fsp3) is 0.737. The number of piperidine rings is 1. The first-order chi connectivity index (χ1) is 12.7. The highest BCUT2D eigenvalue weighted by Crippen LogP contribution is 2.29. The van der Waals surface area contributed by atoms with Gasteiger partial charge in [-0.3, -0.25) is 4.68 Å². The standard InChI is InChI=1S/C19H31N5O3/c1-19(2,3)27-18(26)21-13-7-6-10-24(12-13)17(25)22-15-8-5-9-16-14(15)11-20-23(16)4/h11,13,15H,5-10,12H2,1-4H3,(H,21,26)(H,22,25). The summed E-state index contributed by atoms with van der Waals surface area (Å²) in [4.78, 5) is 26.6. The zero-order valence-electron chi connectivity index (χ0n) is 16.7. The van der Waals surface area contributed by atoms with Gasteiger partial charge in [0.15, 0.2) is 0 Å². The molecule has 1 aromatic heterocycles. The van der Waals surface area contributed by atoms with E-state index in [9.17, 15) is 9.59 Å². The van der Waals surface area contributed by atoms with Crippen molar-refractivity contribution in [3.8, 4) is 0 Å². The van der Waals surface area contributed by atoms with Crippen molar-refractivity contribution in [1.82, 2.24) is 25.3 Å². The Bertz CT molecular complexity index is 694. The van der Waals surface area contributed by atoms with E-state index < -0.39 is 11.7 Å². The van der Waals surface area contributed by atoms with Crippen molar-refractivity contribution in [3.05, 3.63) is 17.5 Å². The summed E-state index contributed by atoms with van der Waals surface area (Å²) in [7, 11) is 1.95. The monoisotopic (exact) mass is 377 g/mol. The summed E-state index contributed by atoms with van der Waals surface area (Å²) >= 11 is 0. The van der Waals surface area contributed by atoms with Crippen molar-refractivity contribution in [2.24, 2.45) is 7.05 Å². The van der Waals surface area contributed by atoms with Gasteiger partial charge in [0.25, 0.3) is 0 Å². The number of rotatable bonds is 2. The van der Waals surface area contributed by atoms with Crippen molar-refractivity contribution in [2.75, 3.05) is 13.1 Å². The Hall–Kier alpha value is -2.25. The van der Waals surface area contributed by atoms with Crippen molar-refractivity contribution in [3.63, 3.8) is 0 Å². The molecule has 2 atom stereocenters. The highest BCUT2D eigenvalue weighted by molar-refractivity contribution is 5.75. The first kappa shape index (κ1) is 19.5. The number of ether oxygens (including phenoxy) is 1. The fourth-order valence-electron chi connectivity index (χ4n) is 3.85. The Morgan fingerprint density at radius 1 is 1.22 bits per heavy atom. The second-order valence-corrected chi connectivity index (χ2v) is 8.50.